The number of likely N-dealkylation sites (tertiary alicyclic amines) is 1. The first-order valence-electron chi connectivity index (χ1n) is 15.8. The standard InChI is InChI=1S/C34H41N5O6/c1-38(18-20-8-4-3-5-9-20)34(44)30(40)26(16-21-14-15-35-31(21)41)37-32(42)29-23-11-6-10-22(23)19-39(29)33(43)27-17-24-25(36-27)12-7-13-28(24)45-2/h3-5,7-9,12-13,17,21-23,26,29-30,36,40H,6,10-11,14-16,18-19H2,1-2H3,(H,35,41)(H,37,42)/t21-,22-,23-,26-,29-,30?/m0/s1. The Kier molecular flexibility index (Phi) is 8.80. The van der Waals surface area contributed by atoms with Gasteiger partial charge in [0, 0.05) is 43.5 Å². The van der Waals surface area contributed by atoms with Gasteiger partial charge in [-0.1, -0.05) is 42.8 Å². The monoisotopic (exact) mass is 615 g/mol. The first-order valence-corrected chi connectivity index (χ1v) is 15.8. The Balaban J connectivity index is 1.24. The number of H-pyrrole nitrogens is 1. The second-order valence-corrected chi connectivity index (χ2v) is 12.6. The summed E-state index contributed by atoms with van der Waals surface area (Å²) >= 11 is 0. The molecule has 2 saturated heterocycles. The van der Waals surface area contributed by atoms with Crippen molar-refractivity contribution in [2.24, 2.45) is 17.8 Å². The van der Waals surface area contributed by atoms with Crippen LogP contribution in [0.4, 0.5) is 0 Å². The van der Waals surface area contributed by atoms with Crippen molar-refractivity contribution in [1.82, 2.24) is 25.4 Å². The number of aliphatic hydroxyl groups excluding tert-OH is 1. The van der Waals surface area contributed by atoms with Crippen molar-refractivity contribution >= 4 is 34.5 Å². The normalized spacial score (nSPS) is 23.8. The lowest BCUT2D eigenvalue weighted by Gasteiger charge is -2.32. The van der Waals surface area contributed by atoms with Crippen LogP contribution in [0.2, 0.25) is 0 Å². The molecule has 45 heavy (non-hydrogen) atoms. The van der Waals surface area contributed by atoms with Crippen molar-refractivity contribution in [3.8, 4) is 5.75 Å². The van der Waals surface area contributed by atoms with E-state index in [9.17, 15) is 24.3 Å². The number of rotatable bonds is 10. The van der Waals surface area contributed by atoms with Crippen molar-refractivity contribution in [2.45, 2.75) is 56.8 Å². The highest BCUT2D eigenvalue weighted by molar-refractivity contribution is 6.02. The van der Waals surface area contributed by atoms with Gasteiger partial charge < -0.3 is 35.3 Å². The Hall–Kier alpha value is -4.38. The van der Waals surface area contributed by atoms with Gasteiger partial charge >= 0.3 is 0 Å². The van der Waals surface area contributed by atoms with Crippen molar-refractivity contribution in [3.63, 3.8) is 0 Å². The summed E-state index contributed by atoms with van der Waals surface area (Å²) in [6.07, 6.45) is 1.80. The number of carbonyl (C=O) groups is 4. The molecule has 1 aliphatic carbocycles. The summed E-state index contributed by atoms with van der Waals surface area (Å²) < 4.78 is 5.47. The lowest BCUT2D eigenvalue weighted by Crippen LogP contribution is -2.57. The maximum atomic E-state index is 14.2. The van der Waals surface area contributed by atoms with Gasteiger partial charge in [-0.2, -0.15) is 0 Å². The van der Waals surface area contributed by atoms with E-state index in [0.29, 0.717) is 31.0 Å². The smallest absolute Gasteiger partial charge is 0.271 e. The highest BCUT2D eigenvalue weighted by Crippen LogP contribution is 2.43. The molecule has 6 atom stereocenters. The molecule has 3 aromatic rings. The van der Waals surface area contributed by atoms with Crippen LogP contribution in [0, 0.1) is 17.8 Å². The number of nitrogens with one attached hydrogen (secondary N) is 3. The van der Waals surface area contributed by atoms with Crippen LogP contribution in [0.1, 0.15) is 48.2 Å². The number of aromatic nitrogens is 1. The van der Waals surface area contributed by atoms with Gasteiger partial charge in [0.05, 0.1) is 13.2 Å². The highest BCUT2D eigenvalue weighted by atomic mass is 16.5. The molecule has 11 nitrogen and oxygen atoms in total. The number of methoxy groups -OCH3 is 1. The molecular weight excluding hydrogens is 574 g/mol. The van der Waals surface area contributed by atoms with Crippen LogP contribution < -0.4 is 15.4 Å². The molecule has 0 bridgehead atoms. The third-order valence-corrected chi connectivity index (χ3v) is 9.80. The molecule has 3 fully saturated rings. The van der Waals surface area contributed by atoms with E-state index < -0.39 is 35.9 Å². The molecule has 238 valence electrons. The number of ether oxygens (including phenoxy) is 1. The minimum atomic E-state index is -1.57. The van der Waals surface area contributed by atoms with Crippen LogP contribution in [-0.2, 0) is 20.9 Å². The zero-order valence-electron chi connectivity index (χ0n) is 25.7. The number of hydrogen-bond donors (Lipinski definition) is 4. The van der Waals surface area contributed by atoms with Gasteiger partial charge in [-0.3, -0.25) is 19.2 Å². The summed E-state index contributed by atoms with van der Waals surface area (Å²) in [5, 5.41) is 17.9. The maximum absolute atomic E-state index is 14.2. The minimum absolute atomic E-state index is 0.0307. The topological polar surface area (TPSA) is 144 Å². The summed E-state index contributed by atoms with van der Waals surface area (Å²) in [5.41, 5.74) is 2.02. The Morgan fingerprint density at radius 2 is 1.91 bits per heavy atom. The molecule has 1 unspecified atom stereocenters. The van der Waals surface area contributed by atoms with Crippen LogP contribution in [0.15, 0.2) is 54.6 Å². The predicted molar refractivity (Wildman–Crippen MR) is 167 cm³/mol. The van der Waals surface area contributed by atoms with Gasteiger partial charge in [-0.05, 0) is 61.3 Å². The first-order chi connectivity index (χ1) is 21.7. The van der Waals surface area contributed by atoms with Gasteiger partial charge in [0.25, 0.3) is 11.8 Å². The van der Waals surface area contributed by atoms with Crippen LogP contribution in [0.25, 0.3) is 10.9 Å². The number of nitrogens with zero attached hydrogens (tertiary/aromatic N) is 2. The number of fused-ring (bicyclic) bond motifs is 2. The summed E-state index contributed by atoms with van der Waals surface area (Å²) in [6, 6.07) is 15.0. The zero-order valence-corrected chi connectivity index (χ0v) is 25.7. The van der Waals surface area contributed by atoms with Crippen LogP contribution >= 0.6 is 0 Å². The molecule has 0 spiro atoms. The van der Waals surface area contributed by atoms with E-state index in [1.54, 1.807) is 25.1 Å². The van der Waals surface area contributed by atoms with E-state index >= 15 is 0 Å². The number of likely N-dealkylation sites (N-methyl/N-ethyl adjacent to an activating group) is 1. The zero-order chi connectivity index (χ0) is 31.7. The molecule has 11 heteroatoms. The second kappa shape index (κ2) is 12.9. The van der Waals surface area contributed by atoms with Crippen molar-refractivity contribution in [1.29, 1.82) is 0 Å². The molecule has 4 amide bonds. The maximum Gasteiger partial charge on any atom is 0.271 e. The van der Waals surface area contributed by atoms with E-state index in [1.807, 2.05) is 48.5 Å². The fourth-order valence-corrected chi connectivity index (χ4v) is 7.47. The fourth-order valence-electron chi connectivity index (χ4n) is 7.47. The Bertz CT molecular complexity index is 1570. The van der Waals surface area contributed by atoms with Crippen molar-refractivity contribution < 1.29 is 29.0 Å². The molecule has 4 N–H and O–H groups in total. The number of benzene rings is 2. The van der Waals surface area contributed by atoms with Crippen LogP contribution in [0.5, 0.6) is 5.75 Å². The van der Waals surface area contributed by atoms with Gasteiger partial charge in [0.1, 0.15) is 17.5 Å². The van der Waals surface area contributed by atoms with E-state index in [2.05, 4.69) is 15.6 Å². The molecule has 1 aromatic heterocycles. The molecule has 2 aromatic carbocycles. The average molecular weight is 616 g/mol. The average Bonchev–Trinajstić information content (AvgIpc) is 3.84. The molecule has 0 radical (unpaired) electrons. The fraction of sp³-hybridized carbons (Fsp3) is 0.471. The highest BCUT2D eigenvalue weighted by Gasteiger charge is 2.50. The van der Waals surface area contributed by atoms with Gasteiger partial charge in [-0.25, -0.2) is 0 Å². The van der Waals surface area contributed by atoms with E-state index in [-0.39, 0.29) is 36.6 Å². The van der Waals surface area contributed by atoms with Crippen molar-refractivity contribution in [2.75, 3.05) is 27.2 Å². The summed E-state index contributed by atoms with van der Waals surface area (Å²) in [6.45, 7) is 1.24. The Morgan fingerprint density at radius 3 is 2.64 bits per heavy atom. The van der Waals surface area contributed by atoms with Gasteiger partial charge in [0.2, 0.25) is 11.8 Å². The van der Waals surface area contributed by atoms with Gasteiger partial charge in [0.15, 0.2) is 6.10 Å². The Labute approximate surface area is 262 Å². The SMILES string of the molecule is COc1cccc2[nH]c(C(=O)N3C[C@@H]4CCC[C@@H]4[C@H]3C(=O)N[C@@H](C[C@@H]3CCNC3=O)C(O)C(=O)N(C)Cc3ccccc3)cc12. The van der Waals surface area contributed by atoms with Crippen LogP contribution in [0.3, 0.4) is 0 Å². The first kappa shape index (κ1) is 30.6. The predicted octanol–water partition coefficient (Wildman–Crippen LogP) is 2.45. The molecular formula is C34H41N5O6. The van der Waals surface area contributed by atoms with E-state index in [0.717, 1.165) is 35.7 Å². The number of amides is 4. The molecule has 3 heterocycles. The quantitative estimate of drug-likeness (QED) is 0.276. The molecule has 2 aliphatic heterocycles. The summed E-state index contributed by atoms with van der Waals surface area (Å²) in [7, 11) is 3.19. The minimum Gasteiger partial charge on any atom is -0.496 e. The van der Waals surface area contributed by atoms with Gasteiger partial charge in [-0.15, -0.1) is 0 Å². The summed E-state index contributed by atoms with van der Waals surface area (Å²) in [4.78, 5) is 60.4. The largest absolute Gasteiger partial charge is 0.496 e. The molecule has 6 rings (SSSR count). The third-order valence-electron chi connectivity index (χ3n) is 9.80. The molecule has 3 aliphatic rings. The number of carbonyl (C=O) groups excluding carboxylic acids is 4. The van der Waals surface area contributed by atoms with Crippen LogP contribution in [-0.4, -0.2) is 89.0 Å². The molecule has 1 saturated carbocycles. The summed E-state index contributed by atoms with van der Waals surface area (Å²) in [5.74, 6) is -1.05. The van der Waals surface area contributed by atoms with E-state index in [4.69, 9.17) is 4.74 Å². The number of aliphatic hydroxyl groups is 1. The van der Waals surface area contributed by atoms with Crippen molar-refractivity contribution in [3.05, 3.63) is 65.9 Å². The Morgan fingerprint density at radius 1 is 1.11 bits per heavy atom. The number of aromatic amines is 1. The lowest BCUT2D eigenvalue weighted by molar-refractivity contribution is -0.143. The number of hydrogen-bond acceptors (Lipinski definition) is 6. The third kappa shape index (κ3) is 6.13. The second-order valence-electron chi connectivity index (χ2n) is 12.6. The lowest BCUT2D eigenvalue weighted by atomic mass is 9.91. The van der Waals surface area contributed by atoms with E-state index in [1.165, 1.54) is 4.90 Å².